The molecule has 6 nitrogen and oxygen atoms in total. The maximum Gasteiger partial charge on any atom is 0.349 e. The van der Waals surface area contributed by atoms with Gasteiger partial charge in [0.1, 0.15) is 17.4 Å². The number of esters is 1. The topological polar surface area (TPSA) is 88.4 Å². The molecule has 2 rings (SSSR count). The fourth-order valence-corrected chi connectivity index (χ4v) is 2.32. The van der Waals surface area contributed by atoms with Gasteiger partial charge in [-0.3, -0.25) is 4.79 Å². The van der Waals surface area contributed by atoms with Crippen LogP contribution >= 0.6 is 11.6 Å². The van der Waals surface area contributed by atoms with Crippen molar-refractivity contribution in [3.8, 4) is 11.8 Å². The van der Waals surface area contributed by atoms with Crippen LogP contribution in [0.15, 0.2) is 54.1 Å². The van der Waals surface area contributed by atoms with Crippen LogP contribution < -0.4 is 10.1 Å². The van der Waals surface area contributed by atoms with Gasteiger partial charge in [0.15, 0.2) is 6.61 Å². The first kappa shape index (κ1) is 20.0. The van der Waals surface area contributed by atoms with Crippen molar-refractivity contribution in [2.75, 3.05) is 13.7 Å². The second-order valence-corrected chi connectivity index (χ2v) is 5.86. The van der Waals surface area contributed by atoms with Crippen molar-refractivity contribution in [3.05, 3.63) is 70.3 Å². The Kier molecular flexibility index (Phi) is 7.41. The molecule has 0 saturated carbocycles. The van der Waals surface area contributed by atoms with Crippen LogP contribution in [0.3, 0.4) is 0 Å². The van der Waals surface area contributed by atoms with Gasteiger partial charge < -0.3 is 14.8 Å². The number of benzene rings is 2. The Morgan fingerprint density at radius 3 is 2.59 bits per heavy atom. The molecule has 0 atom stereocenters. The van der Waals surface area contributed by atoms with Crippen molar-refractivity contribution in [1.82, 2.24) is 5.32 Å². The number of ether oxygens (including phenoxy) is 2. The van der Waals surface area contributed by atoms with Crippen LogP contribution in [0.2, 0.25) is 5.02 Å². The highest BCUT2D eigenvalue weighted by Crippen LogP contribution is 2.14. The molecule has 2 aromatic rings. The van der Waals surface area contributed by atoms with E-state index in [1.807, 2.05) is 6.07 Å². The lowest BCUT2D eigenvalue weighted by molar-refractivity contribution is -0.144. The summed E-state index contributed by atoms with van der Waals surface area (Å²) in [7, 11) is 1.54. The number of halogens is 1. The average Bonchev–Trinajstić information content (AvgIpc) is 2.69. The van der Waals surface area contributed by atoms with Gasteiger partial charge in [-0.25, -0.2) is 4.79 Å². The number of carbonyl (C=O) groups excluding carboxylic acids is 2. The molecule has 0 aromatic heterocycles. The Morgan fingerprint density at radius 1 is 1.22 bits per heavy atom. The average molecular weight is 385 g/mol. The van der Waals surface area contributed by atoms with Crippen molar-refractivity contribution in [1.29, 1.82) is 5.26 Å². The fraction of sp³-hybridized carbons (Fsp3) is 0.150. The Labute approximate surface area is 162 Å². The van der Waals surface area contributed by atoms with E-state index >= 15 is 0 Å². The third-order valence-corrected chi connectivity index (χ3v) is 3.72. The highest BCUT2D eigenvalue weighted by molar-refractivity contribution is 6.30. The van der Waals surface area contributed by atoms with Crippen molar-refractivity contribution >= 4 is 29.6 Å². The van der Waals surface area contributed by atoms with E-state index in [0.717, 1.165) is 5.56 Å². The second-order valence-electron chi connectivity index (χ2n) is 5.43. The van der Waals surface area contributed by atoms with E-state index in [1.165, 1.54) is 6.08 Å². The minimum absolute atomic E-state index is 0.206. The van der Waals surface area contributed by atoms with Gasteiger partial charge in [0.05, 0.1) is 7.11 Å². The number of nitrogens with one attached hydrogen (secondary N) is 1. The van der Waals surface area contributed by atoms with Gasteiger partial charge >= 0.3 is 5.97 Å². The molecule has 0 radical (unpaired) electrons. The van der Waals surface area contributed by atoms with Crippen molar-refractivity contribution in [2.24, 2.45) is 0 Å². The molecule has 0 spiro atoms. The van der Waals surface area contributed by atoms with E-state index in [4.69, 9.17) is 26.3 Å². The lowest BCUT2D eigenvalue weighted by Gasteiger charge is -2.07. The first-order chi connectivity index (χ1) is 13.0. The Bertz CT molecular complexity index is 886. The Balaban J connectivity index is 1.87. The molecule has 138 valence electrons. The lowest BCUT2D eigenvalue weighted by Crippen LogP contribution is -2.28. The SMILES string of the molecule is COc1ccc(/C=C(\C#N)C(=O)OCC(=O)NCc2cccc(Cl)c2)cc1. The van der Waals surface area contributed by atoms with Gasteiger partial charge in [-0.2, -0.15) is 5.26 Å². The summed E-state index contributed by atoms with van der Waals surface area (Å²) in [6, 6.07) is 15.6. The number of rotatable bonds is 7. The molecular weight excluding hydrogens is 368 g/mol. The van der Waals surface area contributed by atoms with Crippen LogP contribution in [-0.2, 0) is 20.9 Å². The summed E-state index contributed by atoms with van der Waals surface area (Å²) in [4.78, 5) is 23.8. The number of amides is 1. The third-order valence-electron chi connectivity index (χ3n) is 3.48. The van der Waals surface area contributed by atoms with Gasteiger partial charge in [-0.05, 0) is 41.5 Å². The molecule has 0 unspecified atom stereocenters. The molecule has 0 saturated heterocycles. The molecule has 7 heteroatoms. The Morgan fingerprint density at radius 2 is 1.96 bits per heavy atom. The van der Waals surface area contributed by atoms with Gasteiger partial charge in [0, 0.05) is 11.6 Å². The molecule has 0 heterocycles. The number of hydrogen-bond donors (Lipinski definition) is 1. The van der Waals surface area contributed by atoms with Gasteiger partial charge in [0.25, 0.3) is 5.91 Å². The second kappa shape index (κ2) is 10.00. The van der Waals surface area contributed by atoms with Crippen LogP contribution in [0.5, 0.6) is 5.75 Å². The van der Waals surface area contributed by atoms with Gasteiger partial charge in [0.2, 0.25) is 0 Å². The van der Waals surface area contributed by atoms with Crippen LogP contribution in [0.25, 0.3) is 6.08 Å². The summed E-state index contributed by atoms with van der Waals surface area (Å²) < 4.78 is 9.94. The summed E-state index contributed by atoms with van der Waals surface area (Å²) in [6.45, 7) is -0.231. The van der Waals surface area contributed by atoms with E-state index in [1.54, 1.807) is 55.6 Å². The molecule has 27 heavy (non-hydrogen) atoms. The van der Waals surface area contributed by atoms with Gasteiger partial charge in [-0.15, -0.1) is 0 Å². The highest BCUT2D eigenvalue weighted by atomic mass is 35.5. The van der Waals surface area contributed by atoms with Gasteiger partial charge in [-0.1, -0.05) is 35.9 Å². The molecule has 0 fully saturated rings. The van der Waals surface area contributed by atoms with Crippen LogP contribution in [-0.4, -0.2) is 25.6 Å². The largest absolute Gasteiger partial charge is 0.497 e. The summed E-state index contributed by atoms with van der Waals surface area (Å²) in [6.07, 6.45) is 1.38. The zero-order chi connectivity index (χ0) is 19.6. The minimum atomic E-state index is -0.869. The first-order valence-electron chi connectivity index (χ1n) is 7.96. The zero-order valence-electron chi connectivity index (χ0n) is 14.6. The van der Waals surface area contributed by atoms with E-state index in [9.17, 15) is 9.59 Å². The number of hydrogen-bond acceptors (Lipinski definition) is 5. The maximum absolute atomic E-state index is 12.0. The predicted octanol–water partition coefficient (Wildman–Crippen LogP) is 3.12. The molecule has 2 aromatic carbocycles. The normalized spacial score (nSPS) is 10.6. The molecule has 0 aliphatic carbocycles. The Hall–Kier alpha value is -3.30. The third kappa shape index (κ3) is 6.49. The molecule has 0 aliphatic heterocycles. The molecule has 0 aliphatic rings. The van der Waals surface area contributed by atoms with E-state index in [0.29, 0.717) is 16.3 Å². The van der Waals surface area contributed by atoms with E-state index in [2.05, 4.69) is 5.32 Å². The monoisotopic (exact) mass is 384 g/mol. The first-order valence-corrected chi connectivity index (χ1v) is 8.33. The van der Waals surface area contributed by atoms with Crippen molar-refractivity contribution < 1.29 is 19.1 Å². The molecule has 1 amide bonds. The maximum atomic E-state index is 12.0. The number of nitriles is 1. The zero-order valence-corrected chi connectivity index (χ0v) is 15.3. The summed E-state index contributed by atoms with van der Waals surface area (Å²) in [5.41, 5.74) is 1.25. The molecule has 1 N–H and O–H groups in total. The van der Waals surface area contributed by atoms with E-state index < -0.39 is 18.5 Å². The van der Waals surface area contributed by atoms with Crippen molar-refractivity contribution in [2.45, 2.75) is 6.54 Å². The summed E-state index contributed by atoms with van der Waals surface area (Å²) in [5, 5.41) is 12.3. The van der Waals surface area contributed by atoms with Crippen molar-refractivity contribution in [3.63, 3.8) is 0 Å². The smallest absolute Gasteiger partial charge is 0.349 e. The quantitative estimate of drug-likeness (QED) is 0.450. The molecule has 0 bridgehead atoms. The standard InChI is InChI=1S/C20H17ClN2O4/c1-26-18-7-5-14(6-8-18)9-16(11-22)20(25)27-13-19(24)23-12-15-3-2-4-17(21)10-15/h2-10H,12-13H2,1H3,(H,23,24)/b16-9+. The van der Waals surface area contributed by atoms with Crippen LogP contribution in [0.4, 0.5) is 0 Å². The number of carbonyl (C=O) groups is 2. The van der Waals surface area contributed by atoms with E-state index in [-0.39, 0.29) is 12.1 Å². The minimum Gasteiger partial charge on any atom is -0.497 e. The molecular formula is C20H17ClN2O4. The predicted molar refractivity (Wildman–Crippen MR) is 101 cm³/mol. The van der Waals surface area contributed by atoms with Crippen LogP contribution in [0, 0.1) is 11.3 Å². The summed E-state index contributed by atoms with van der Waals surface area (Å²) >= 11 is 5.87. The highest BCUT2D eigenvalue weighted by Gasteiger charge is 2.13. The fourth-order valence-electron chi connectivity index (χ4n) is 2.11. The lowest BCUT2D eigenvalue weighted by atomic mass is 10.1. The van der Waals surface area contributed by atoms with Crippen LogP contribution in [0.1, 0.15) is 11.1 Å². The summed E-state index contributed by atoms with van der Waals surface area (Å²) in [5.74, 6) is -0.694. The number of nitrogens with zero attached hydrogens (tertiary/aromatic N) is 1. The number of methoxy groups -OCH3 is 1.